The topological polar surface area (TPSA) is 137 Å². The van der Waals surface area contributed by atoms with Crippen LogP contribution in [0.5, 0.6) is 0 Å². The predicted molar refractivity (Wildman–Crippen MR) is 214 cm³/mol. The highest BCUT2D eigenvalue weighted by atomic mass is 35.5. The number of rotatable bonds is 6. The van der Waals surface area contributed by atoms with Gasteiger partial charge in [0.25, 0.3) is 17.7 Å². The van der Waals surface area contributed by atoms with E-state index in [4.69, 9.17) is 11.6 Å². The van der Waals surface area contributed by atoms with Crippen LogP contribution in [0, 0.1) is 22.7 Å². The number of likely N-dealkylation sites (tertiary alicyclic amines) is 1. The Morgan fingerprint density at radius 1 is 0.877 bits per heavy atom. The average molecular weight is 788 g/mol. The lowest BCUT2D eigenvalue weighted by molar-refractivity contribution is -0.136. The standard InChI is InChI=1S/C44H46ClN7O5/c1-27-21-44(26-51(27)34-7-4-30(22-46)37(45)20-34)12-16-49(17-13-44)33-5-2-29(3-6-33)41(55)50-14-10-28(11-15-50)23-48-24-31-18-35-36(19-32(31)25-48)43(57)52(42(35)56)38-8-9-39(53)47-40(38)54/h2-7,18-20,27-28,38H,8-17,21,23-26H2,1H3,(H,47,53,54)/t27-,38-/m0/s1. The van der Waals surface area contributed by atoms with Crippen LogP contribution < -0.4 is 15.1 Å². The van der Waals surface area contributed by atoms with E-state index in [2.05, 4.69) is 45.1 Å². The van der Waals surface area contributed by atoms with Gasteiger partial charge in [-0.05, 0) is 123 Å². The van der Waals surface area contributed by atoms with Gasteiger partial charge in [-0.25, -0.2) is 0 Å². The first-order valence-corrected chi connectivity index (χ1v) is 20.6. The fraction of sp³-hybridized carbons (Fsp3) is 0.455. The Morgan fingerprint density at radius 3 is 2.14 bits per heavy atom. The molecule has 4 fully saturated rings. The van der Waals surface area contributed by atoms with Crippen LogP contribution in [0.15, 0.2) is 54.6 Å². The monoisotopic (exact) mass is 787 g/mol. The molecule has 1 N–H and O–H groups in total. The number of nitrogens with zero attached hydrogens (tertiary/aromatic N) is 6. The third-order valence-electron chi connectivity index (χ3n) is 13.4. The number of amides is 5. The summed E-state index contributed by atoms with van der Waals surface area (Å²) in [6.07, 6.45) is 5.39. The number of carbonyl (C=O) groups is 5. The van der Waals surface area contributed by atoms with Gasteiger partial charge >= 0.3 is 0 Å². The number of halogens is 1. The minimum Gasteiger partial charge on any atom is -0.371 e. The molecule has 0 aliphatic carbocycles. The zero-order valence-electron chi connectivity index (χ0n) is 32.1. The summed E-state index contributed by atoms with van der Waals surface area (Å²) in [6, 6.07) is 19.1. The molecule has 1 spiro atoms. The molecule has 0 unspecified atom stereocenters. The van der Waals surface area contributed by atoms with Crippen molar-refractivity contribution >= 4 is 52.5 Å². The maximum Gasteiger partial charge on any atom is 0.262 e. The summed E-state index contributed by atoms with van der Waals surface area (Å²) >= 11 is 6.37. The second-order valence-corrected chi connectivity index (χ2v) is 17.4. The first-order chi connectivity index (χ1) is 27.5. The number of benzene rings is 3. The number of hydrogen-bond donors (Lipinski definition) is 1. The molecule has 0 radical (unpaired) electrons. The van der Waals surface area contributed by atoms with Gasteiger partial charge in [-0.1, -0.05) is 11.6 Å². The molecule has 57 heavy (non-hydrogen) atoms. The van der Waals surface area contributed by atoms with Crippen LogP contribution in [0.3, 0.4) is 0 Å². The Labute approximate surface area is 337 Å². The van der Waals surface area contributed by atoms with Crippen LogP contribution >= 0.6 is 11.6 Å². The number of anilines is 2. The minimum absolute atomic E-state index is 0.0734. The van der Waals surface area contributed by atoms with Gasteiger partial charge in [-0.15, -0.1) is 0 Å². The Hall–Kier alpha value is -5.25. The molecule has 12 nitrogen and oxygen atoms in total. The summed E-state index contributed by atoms with van der Waals surface area (Å²) in [6.45, 7) is 8.85. The van der Waals surface area contributed by atoms with Gasteiger partial charge in [0.2, 0.25) is 11.8 Å². The van der Waals surface area contributed by atoms with E-state index >= 15 is 0 Å². The van der Waals surface area contributed by atoms with E-state index < -0.39 is 29.7 Å². The first kappa shape index (κ1) is 37.3. The molecule has 294 valence electrons. The second-order valence-electron chi connectivity index (χ2n) is 17.0. The lowest BCUT2D eigenvalue weighted by Crippen LogP contribution is -2.54. The van der Waals surface area contributed by atoms with Crippen LogP contribution in [0.4, 0.5) is 11.4 Å². The van der Waals surface area contributed by atoms with Gasteiger partial charge < -0.3 is 14.7 Å². The summed E-state index contributed by atoms with van der Waals surface area (Å²) in [5, 5.41) is 12.0. The van der Waals surface area contributed by atoms with Crippen molar-refractivity contribution in [2.75, 3.05) is 49.1 Å². The van der Waals surface area contributed by atoms with Crippen LogP contribution in [0.2, 0.25) is 5.02 Å². The first-order valence-electron chi connectivity index (χ1n) is 20.2. The fourth-order valence-electron chi connectivity index (χ4n) is 10.3. The molecular formula is C44H46ClN7O5. The summed E-state index contributed by atoms with van der Waals surface area (Å²) in [5.74, 6) is -1.44. The van der Waals surface area contributed by atoms with Crippen LogP contribution in [0.25, 0.3) is 0 Å². The van der Waals surface area contributed by atoms with Gasteiger partial charge in [-0.2, -0.15) is 5.26 Å². The van der Waals surface area contributed by atoms with Crippen molar-refractivity contribution in [3.8, 4) is 6.07 Å². The molecule has 0 aromatic heterocycles. The number of imide groups is 2. The van der Waals surface area contributed by atoms with Crippen molar-refractivity contribution in [3.63, 3.8) is 0 Å². The van der Waals surface area contributed by atoms with E-state index in [1.54, 1.807) is 0 Å². The van der Waals surface area contributed by atoms with E-state index in [9.17, 15) is 29.2 Å². The molecule has 0 bridgehead atoms. The average Bonchev–Trinajstić information content (AvgIpc) is 3.84. The molecule has 6 aliphatic heterocycles. The summed E-state index contributed by atoms with van der Waals surface area (Å²) in [4.78, 5) is 74.5. The van der Waals surface area contributed by atoms with E-state index in [0.29, 0.717) is 59.9 Å². The maximum atomic E-state index is 13.6. The van der Waals surface area contributed by atoms with E-state index in [1.165, 1.54) is 0 Å². The van der Waals surface area contributed by atoms with E-state index in [-0.39, 0.29) is 24.2 Å². The Bertz CT molecular complexity index is 2180. The van der Waals surface area contributed by atoms with Gasteiger partial charge in [0, 0.05) is 81.8 Å². The smallest absolute Gasteiger partial charge is 0.262 e. The SMILES string of the molecule is C[C@H]1CC2(CCN(c3ccc(C(=O)N4CCC(CN5Cc6cc7c(cc6C5)C(=O)N([C@H]5CCC(=O)NC5=O)C7=O)CC4)cc3)CC2)CN1c1ccc(C#N)c(Cl)c1. The van der Waals surface area contributed by atoms with Gasteiger partial charge in [0.15, 0.2) is 0 Å². The third-order valence-corrected chi connectivity index (χ3v) is 13.8. The Kier molecular flexibility index (Phi) is 9.56. The molecule has 2 atom stereocenters. The lowest BCUT2D eigenvalue weighted by Gasteiger charge is -2.40. The van der Waals surface area contributed by atoms with Crippen molar-refractivity contribution in [2.24, 2.45) is 11.3 Å². The molecular weight excluding hydrogens is 742 g/mol. The van der Waals surface area contributed by atoms with Crippen LogP contribution in [0.1, 0.15) is 99.6 Å². The predicted octanol–water partition coefficient (Wildman–Crippen LogP) is 5.37. The molecule has 13 heteroatoms. The number of nitriles is 1. The summed E-state index contributed by atoms with van der Waals surface area (Å²) in [7, 11) is 0. The largest absolute Gasteiger partial charge is 0.371 e. The highest BCUT2D eigenvalue weighted by molar-refractivity contribution is 6.32. The molecule has 5 amide bonds. The molecule has 3 aromatic rings. The van der Waals surface area contributed by atoms with Crippen LogP contribution in [-0.4, -0.2) is 95.6 Å². The molecule has 9 rings (SSSR count). The van der Waals surface area contributed by atoms with Crippen molar-refractivity contribution in [1.82, 2.24) is 20.0 Å². The number of piperidine rings is 3. The van der Waals surface area contributed by atoms with Crippen molar-refractivity contribution in [3.05, 3.63) is 93.0 Å². The summed E-state index contributed by atoms with van der Waals surface area (Å²) < 4.78 is 0. The molecule has 6 heterocycles. The fourth-order valence-corrected chi connectivity index (χ4v) is 10.5. The summed E-state index contributed by atoms with van der Waals surface area (Å²) in [5.41, 5.74) is 6.40. The van der Waals surface area contributed by atoms with Gasteiger partial charge in [0.1, 0.15) is 12.1 Å². The second kappa shape index (κ2) is 14.6. The number of fused-ring (bicyclic) bond motifs is 2. The number of nitrogens with one attached hydrogen (secondary N) is 1. The number of hydrogen-bond acceptors (Lipinski definition) is 9. The maximum absolute atomic E-state index is 13.6. The van der Waals surface area contributed by atoms with Gasteiger partial charge in [0.05, 0.1) is 21.7 Å². The van der Waals surface area contributed by atoms with Gasteiger partial charge in [-0.3, -0.25) is 39.1 Å². The zero-order valence-corrected chi connectivity index (χ0v) is 32.9. The molecule has 6 aliphatic rings. The van der Waals surface area contributed by atoms with Crippen LogP contribution in [-0.2, 0) is 22.7 Å². The van der Waals surface area contributed by atoms with Crippen molar-refractivity contribution in [2.45, 2.75) is 77.0 Å². The number of carbonyl (C=O) groups excluding carboxylic acids is 5. The Balaban J connectivity index is 0.745. The van der Waals surface area contributed by atoms with E-state index in [0.717, 1.165) is 91.2 Å². The highest BCUT2D eigenvalue weighted by Gasteiger charge is 2.46. The third kappa shape index (κ3) is 6.84. The van der Waals surface area contributed by atoms with Crippen molar-refractivity contribution < 1.29 is 24.0 Å². The minimum atomic E-state index is -0.968. The zero-order chi connectivity index (χ0) is 39.6. The quantitative estimate of drug-likeness (QED) is 0.327. The molecule has 0 saturated carbocycles. The molecule has 3 aromatic carbocycles. The van der Waals surface area contributed by atoms with Crippen molar-refractivity contribution in [1.29, 1.82) is 5.26 Å². The lowest BCUT2D eigenvalue weighted by atomic mass is 9.76. The van der Waals surface area contributed by atoms with E-state index in [1.807, 2.05) is 47.4 Å². The highest BCUT2D eigenvalue weighted by Crippen LogP contribution is 2.46. The Morgan fingerprint density at radius 2 is 1.53 bits per heavy atom. The molecule has 4 saturated heterocycles. The normalized spacial score (nSPS) is 23.6.